The lowest BCUT2D eigenvalue weighted by atomic mass is 9.99. The molecule has 0 spiro atoms. The minimum absolute atomic E-state index is 0.118. The fourth-order valence-electron chi connectivity index (χ4n) is 4.92. The Morgan fingerprint density at radius 3 is 1.96 bits per heavy atom. The molecule has 0 radical (unpaired) electrons. The fourth-order valence-corrected chi connectivity index (χ4v) is 4.92. The second kappa shape index (κ2) is 31.6. The van der Waals surface area contributed by atoms with Crippen molar-refractivity contribution in [1.29, 1.82) is 0 Å². The molecule has 3 unspecified atom stereocenters. The lowest BCUT2D eigenvalue weighted by Gasteiger charge is -2.39. The van der Waals surface area contributed by atoms with Crippen LogP contribution in [-0.2, 0) is 28.5 Å². The van der Waals surface area contributed by atoms with Crippen LogP contribution in [0.2, 0.25) is 0 Å². The Labute approximate surface area is 305 Å². The molecule has 0 aromatic carbocycles. The number of unbranched alkanes of at least 4 members (excludes halogenated alkanes) is 7. The van der Waals surface area contributed by atoms with Gasteiger partial charge in [0.2, 0.25) is 0 Å². The largest absolute Gasteiger partial charge is 0.462 e. The molecule has 0 aromatic heterocycles. The van der Waals surface area contributed by atoms with Gasteiger partial charge in [0.25, 0.3) is 0 Å². The van der Waals surface area contributed by atoms with Crippen LogP contribution in [-0.4, -0.2) is 89.0 Å². The molecule has 51 heavy (non-hydrogen) atoms. The first-order valence-electron chi connectivity index (χ1n) is 18.7. The van der Waals surface area contributed by atoms with Crippen LogP contribution in [0.1, 0.15) is 104 Å². The summed E-state index contributed by atoms with van der Waals surface area (Å²) >= 11 is 0. The Morgan fingerprint density at radius 1 is 0.647 bits per heavy atom. The van der Waals surface area contributed by atoms with Crippen molar-refractivity contribution < 1.29 is 49.0 Å². The van der Waals surface area contributed by atoms with E-state index in [1.54, 1.807) is 0 Å². The quantitative estimate of drug-likeness (QED) is 0.0300. The summed E-state index contributed by atoms with van der Waals surface area (Å²) in [5.41, 5.74) is 0. The van der Waals surface area contributed by atoms with Crippen molar-refractivity contribution in [1.82, 2.24) is 0 Å². The van der Waals surface area contributed by atoms with Gasteiger partial charge in [-0.15, -0.1) is 0 Å². The van der Waals surface area contributed by atoms with Gasteiger partial charge in [0.15, 0.2) is 12.4 Å². The van der Waals surface area contributed by atoms with E-state index in [1.807, 2.05) is 66.8 Å². The first-order chi connectivity index (χ1) is 24.8. The van der Waals surface area contributed by atoms with E-state index >= 15 is 0 Å². The number of esters is 2. The van der Waals surface area contributed by atoms with Crippen LogP contribution >= 0.6 is 0 Å². The normalized spacial score (nSPS) is 22.2. The van der Waals surface area contributed by atoms with Crippen LogP contribution in [0.5, 0.6) is 0 Å². The lowest BCUT2D eigenvalue weighted by molar-refractivity contribution is -0.305. The molecule has 1 fully saturated rings. The maximum Gasteiger partial charge on any atom is 0.306 e. The van der Waals surface area contributed by atoms with Crippen LogP contribution in [0.3, 0.4) is 0 Å². The molecule has 1 saturated heterocycles. The van der Waals surface area contributed by atoms with Gasteiger partial charge in [-0.25, -0.2) is 0 Å². The van der Waals surface area contributed by atoms with E-state index in [-0.39, 0.29) is 26.1 Å². The highest BCUT2D eigenvalue weighted by atomic mass is 16.7. The molecule has 288 valence electrons. The van der Waals surface area contributed by atoms with Gasteiger partial charge in [0.05, 0.1) is 13.2 Å². The summed E-state index contributed by atoms with van der Waals surface area (Å²) in [4.78, 5) is 25.1. The standard InChI is InChI=1S/C41H64O10/c1-3-5-7-9-11-13-15-17-19-21-23-25-27-29-36(43)48-32-34(33-49-41-40(47)39(46)38(45)35(31-42)51-41)50-37(44)30-28-26-24-22-20-18-16-14-12-10-8-6-4-2/h6,8,10,12,14,16-20,22-25,34-35,38-42,45-47H,3-5,7,9,11,13,15,21,26-33H2,1-2H3/b8-6+,12-10+,16-14+,19-17+,20-18+,24-22+,25-23+/t34?,35-,38+,39?,40?,41-/m0/s1. The minimum Gasteiger partial charge on any atom is -0.462 e. The van der Waals surface area contributed by atoms with Crippen LogP contribution in [0.25, 0.3) is 0 Å². The molecular weight excluding hydrogens is 652 g/mol. The smallest absolute Gasteiger partial charge is 0.306 e. The Bertz CT molecular complexity index is 1100. The first-order valence-corrected chi connectivity index (χ1v) is 18.7. The first kappa shape index (κ1) is 45.9. The average molecular weight is 717 g/mol. The third-order valence-electron chi connectivity index (χ3n) is 7.91. The number of aliphatic hydroxyl groups excluding tert-OH is 4. The number of ether oxygens (including phenoxy) is 4. The Kier molecular flexibility index (Phi) is 28.4. The summed E-state index contributed by atoms with van der Waals surface area (Å²) in [5, 5.41) is 39.9. The molecule has 1 aliphatic heterocycles. The third-order valence-corrected chi connectivity index (χ3v) is 7.91. The van der Waals surface area contributed by atoms with Gasteiger partial charge >= 0.3 is 11.9 Å². The van der Waals surface area contributed by atoms with E-state index in [9.17, 15) is 30.0 Å². The lowest BCUT2D eigenvalue weighted by Crippen LogP contribution is -2.59. The van der Waals surface area contributed by atoms with E-state index in [4.69, 9.17) is 18.9 Å². The van der Waals surface area contributed by atoms with Crippen molar-refractivity contribution in [2.45, 2.75) is 141 Å². The Hall–Kier alpha value is -3.12. The van der Waals surface area contributed by atoms with E-state index in [0.717, 1.165) is 19.3 Å². The summed E-state index contributed by atoms with van der Waals surface area (Å²) in [7, 11) is 0. The summed E-state index contributed by atoms with van der Waals surface area (Å²) in [6.07, 6.45) is 31.9. The highest BCUT2D eigenvalue weighted by molar-refractivity contribution is 5.70. The molecule has 10 heteroatoms. The molecule has 0 bridgehead atoms. The summed E-state index contributed by atoms with van der Waals surface area (Å²) in [5.74, 6) is -0.985. The summed E-state index contributed by atoms with van der Waals surface area (Å²) in [6.45, 7) is 3.09. The average Bonchev–Trinajstić information content (AvgIpc) is 3.13. The molecule has 0 aliphatic carbocycles. The van der Waals surface area contributed by atoms with Gasteiger partial charge in [-0.2, -0.15) is 0 Å². The van der Waals surface area contributed by atoms with E-state index in [1.165, 1.54) is 38.5 Å². The van der Waals surface area contributed by atoms with Crippen molar-refractivity contribution >= 4 is 11.9 Å². The zero-order valence-corrected chi connectivity index (χ0v) is 30.8. The van der Waals surface area contributed by atoms with Crippen LogP contribution < -0.4 is 0 Å². The highest BCUT2D eigenvalue weighted by Crippen LogP contribution is 2.22. The Balaban J connectivity index is 2.53. The van der Waals surface area contributed by atoms with Gasteiger partial charge in [-0.3, -0.25) is 9.59 Å². The second-order valence-electron chi connectivity index (χ2n) is 12.4. The minimum atomic E-state index is -1.62. The van der Waals surface area contributed by atoms with E-state index < -0.39 is 55.4 Å². The van der Waals surface area contributed by atoms with Crippen molar-refractivity contribution in [2.75, 3.05) is 19.8 Å². The highest BCUT2D eigenvalue weighted by Gasteiger charge is 2.44. The van der Waals surface area contributed by atoms with Gasteiger partial charge < -0.3 is 39.4 Å². The van der Waals surface area contributed by atoms with Crippen molar-refractivity contribution in [3.05, 3.63) is 85.1 Å². The van der Waals surface area contributed by atoms with Crippen LogP contribution in [0.4, 0.5) is 0 Å². The molecule has 6 atom stereocenters. The number of hydrogen-bond acceptors (Lipinski definition) is 10. The SMILES string of the molecule is CC/C=C/C=C/C=C/C=C/C=C/CCCC(=O)OC(COC(=O)CC/C=C/C/C=C/CCCCCCCC)CO[C@H]1O[C@@H](CO)[C@@H](O)C(O)C1O. The van der Waals surface area contributed by atoms with E-state index in [0.29, 0.717) is 19.3 Å². The predicted molar refractivity (Wildman–Crippen MR) is 201 cm³/mol. The molecule has 0 saturated carbocycles. The zero-order chi connectivity index (χ0) is 37.4. The molecule has 1 rings (SSSR count). The van der Waals surface area contributed by atoms with Gasteiger partial charge in [0.1, 0.15) is 31.0 Å². The number of carbonyl (C=O) groups is 2. The molecule has 1 aliphatic rings. The van der Waals surface area contributed by atoms with Crippen molar-refractivity contribution in [2.24, 2.45) is 0 Å². The maximum absolute atomic E-state index is 12.6. The van der Waals surface area contributed by atoms with Gasteiger partial charge in [-0.05, 0) is 44.9 Å². The summed E-state index contributed by atoms with van der Waals surface area (Å²) in [6, 6.07) is 0. The number of allylic oxidation sites excluding steroid dienone is 14. The number of hydrogen-bond donors (Lipinski definition) is 4. The molecule has 4 N–H and O–H groups in total. The molecule has 0 aromatic rings. The van der Waals surface area contributed by atoms with E-state index in [2.05, 4.69) is 32.1 Å². The predicted octanol–water partition coefficient (Wildman–Crippen LogP) is 6.65. The second-order valence-corrected chi connectivity index (χ2v) is 12.4. The maximum atomic E-state index is 12.6. The van der Waals surface area contributed by atoms with Crippen molar-refractivity contribution in [3.63, 3.8) is 0 Å². The number of carbonyl (C=O) groups excluding carboxylic acids is 2. The monoisotopic (exact) mass is 716 g/mol. The van der Waals surface area contributed by atoms with Crippen molar-refractivity contribution in [3.8, 4) is 0 Å². The fraction of sp³-hybridized carbons (Fsp3) is 0.610. The number of aliphatic hydroxyl groups is 4. The Morgan fingerprint density at radius 2 is 1.27 bits per heavy atom. The topological polar surface area (TPSA) is 152 Å². The molecule has 10 nitrogen and oxygen atoms in total. The molecule has 1 heterocycles. The molecular formula is C41H64O10. The van der Waals surface area contributed by atoms with Crippen LogP contribution in [0.15, 0.2) is 85.1 Å². The zero-order valence-electron chi connectivity index (χ0n) is 30.8. The van der Waals surface area contributed by atoms with Gasteiger partial charge in [-0.1, -0.05) is 131 Å². The summed E-state index contributed by atoms with van der Waals surface area (Å²) < 4.78 is 21.9. The number of rotatable bonds is 28. The third kappa shape index (κ3) is 23.9. The van der Waals surface area contributed by atoms with Crippen LogP contribution in [0, 0.1) is 0 Å². The van der Waals surface area contributed by atoms with Gasteiger partial charge in [0, 0.05) is 12.8 Å². The molecule has 0 amide bonds.